The van der Waals surface area contributed by atoms with E-state index in [9.17, 15) is 9.59 Å². The number of benzene rings is 1. The van der Waals surface area contributed by atoms with Crippen LogP contribution in [0.3, 0.4) is 0 Å². The third-order valence-corrected chi connectivity index (χ3v) is 4.19. The van der Waals surface area contributed by atoms with Gasteiger partial charge in [-0.05, 0) is 37.9 Å². The van der Waals surface area contributed by atoms with Crippen LogP contribution in [0.1, 0.15) is 39.6 Å². The average molecular weight is 258 g/mol. The van der Waals surface area contributed by atoms with Crippen LogP contribution in [0, 0.1) is 12.8 Å². The van der Waals surface area contributed by atoms with Gasteiger partial charge in [0.2, 0.25) is 0 Å². The molecule has 4 heteroatoms. The van der Waals surface area contributed by atoms with Crippen LogP contribution in [0.25, 0.3) is 0 Å². The van der Waals surface area contributed by atoms with E-state index in [0.717, 1.165) is 18.5 Å². The highest BCUT2D eigenvalue weighted by molar-refractivity contribution is 6.21. The van der Waals surface area contributed by atoms with Crippen molar-refractivity contribution in [2.75, 3.05) is 13.1 Å². The van der Waals surface area contributed by atoms with Crippen LogP contribution >= 0.6 is 0 Å². The van der Waals surface area contributed by atoms with Crippen molar-refractivity contribution in [2.24, 2.45) is 5.92 Å². The molecule has 2 heterocycles. The Morgan fingerprint density at radius 1 is 1.21 bits per heavy atom. The molecule has 2 unspecified atom stereocenters. The summed E-state index contributed by atoms with van der Waals surface area (Å²) in [6.07, 6.45) is 0.997. The van der Waals surface area contributed by atoms with Crippen LogP contribution < -0.4 is 5.32 Å². The zero-order valence-corrected chi connectivity index (χ0v) is 11.3. The van der Waals surface area contributed by atoms with Crippen molar-refractivity contribution in [3.05, 3.63) is 34.9 Å². The summed E-state index contributed by atoms with van der Waals surface area (Å²) in [6, 6.07) is 5.44. The van der Waals surface area contributed by atoms with Crippen molar-refractivity contribution in [3.63, 3.8) is 0 Å². The minimum Gasteiger partial charge on any atom is -0.315 e. The van der Waals surface area contributed by atoms with Crippen LogP contribution in [0.15, 0.2) is 18.2 Å². The van der Waals surface area contributed by atoms with Gasteiger partial charge in [0.05, 0.1) is 17.2 Å². The number of imide groups is 1. The fraction of sp³-hybridized carbons (Fsp3) is 0.467. The molecule has 100 valence electrons. The Morgan fingerprint density at radius 2 is 1.95 bits per heavy atom. The third kappa shape index (κ3) is 1.87. The summed E-state index contributed by atoms with van der Waals surface area (Å²) in [5, 5.41) is 3.28. The molecule has 2 aliphatic rings. The molecule has 4 nitrogen and oxygen atoms in total. The molecule has 2 amide bonds. The molecule has 19 heavy (non-hydrogen) atoms. The first kappa shape index (κ1) is 12.4. The Balaban J connectivity index is 1.98. The summed E-state index contributed by atoms with van der Waals surface area (Å²) in [5.74, 6) is 0.0781. The van der Waals surface area contributed by atoms with Gasteiger partial charge >= 0.3 is 0 Å². The highest BCUT2D eigenvalue weighted by Crippen LogP contribution is 2.29. The monoisotopic (exact) mass is 258 g/mol. The smallest absolute Gasteiger partial charge is 0.261 e. The topological polar surface area (TPSA) is 49.4 Å². The van der Waals surface area contributed by atoms with E-state index in [1.165, 1.54) is 4.90 Å². The molecule has 1 aromatic rings. The van der Waals surface area contributed by atoms with Crippen molar-refractivity contribution < 1.29 is 9.59 Å². The van der Waals surface area contributed by atoms with Gasteiger partial charge in [-0.3, -0.25) is 14.5 Å². The number of piperidine rings is 1. The van der Waals surface area contributed by atoms with Crippen LogP contribution in [-0.2, 0) is 0 Å². The average Bonchev–Trinajstić information content (AvgIpc) is 2.63. The van der Waals surface area contributed by atoms with E-state index in [0.29, 0.717) is 23.6 Å². The Bertz CT molecular complexity index is 553. The van der Waals surface area contributed by atoms with Crippen LogP contribution in [-0.4, -0.2) is 35.8 Å². The Morgan fingerprint density at radius 3 is 2.68 bits per heavy atom. The second-order valence-electron chi connectivity index (χ2n) is 5.57. The molecule has 1 fully saturated rings. The summed E-state index contributed by atoms with van der Waals surface area (Å²) in [5.41, 5.74) is 2.12. The highest BCUT2D eigenvalue weighted by atomic mass is 16.2. The van der Waals surface area contributed by atoms with Crippen LogP contribution in [0.5, 0.6) is 0 Å². The summed E-state index contributed by atoms with van der Waals surface area (Å²) < 4.78 is 0. The van der Waals surface area contributed by atoms with E-state index in [-0.39, 0.29) is 17.9 Å². The van der Waals surface area contributed by atoms with E-state index in [1.54, 1.807) is 6.07 Å². The van der Waals surface area contributed by atoms with Crippen molar-refractivity contribution in [3.8, 4) is 0 Å². The van der Waals surface area contributed by atoms with Gasteiger partial charge in [0.25, 0.3) is 11.8 Å². The fourth-order valence-corrected chi connectivity index (χ4v) is 2.99. The van der Waals surface area contributed by atoms with Gasteiger partial charge in [-0.15, -0.1) is 0 Å². The predicted octanol–water partition coefficient (Wildman–Crippen LogP) is 1.59. The minimum absolute atomic E-state index is 0.0264. The van der Waals surface area contributed by atoms with Crippen molar-refractivity contribution in [1.29, 1.82) is 0 Å². The molecule has 1 saturated heterocycles. The Kier molecular flexibility index (Phi) is 2.90. The number of hydrogen-bond acceptors (Lipinski definition) is 3. The number of hydrogen-bond donors (Lipinski definition) is 1. The molecule has 0 aliphatic carbocycles. The molecular formula is C15H18N2O2. The quantitative estimate of drug-likeness (QED) is 0.778. The molecule has 3 rings (SSSR count). The lowest BCUT2D eigenvalue weighted by molar-refractivity contribution is 0.0504. The second-order valence-corrected chi connectivity index (χ2v) is 5.57. The SMILES string of the molecule is Cc1ccc2c(c1)C(=O)N(C1CNCCC1C)C2=O. The first-order chi connectivity index (χ1) is 9.09. The summed E-state index contributed by atoms with van der Waals surface area (Å²) in [6.45, 7) is 5.71. The molecule has 0 radical (unpaired) electrons. The van der Waals surface area contributed by atoms with Gasteiger partial charge in [-0.25, -0.2) is 0 Å². The Hall–Kier alpha value is -1.68. The number of amides is 2. The van der Waals surface area contributed by atoms with Gasteiger partial charge in [0, 0.05) is 6.54 Å². The maximum Gasteiger partial charge on any atom is 0.261 e. The normalized spacial score (nSPS) is 26.7. The number of fused-ring (bicyclic) bond motifs is 1. The Labute approximate surface area is 112 Å². The molecule has 0 bridgehead atoms. The van der Waals surface area contributed by atoms with Crippen LogP contribution in [0.4, 0.5) is 0 Å². The molecular weight excluding hydrogens is 240 g/mol. The molecule has 0 aromatic heterocycles. The zero-order valence-electron chi connectivity index (χ0n) is 11.3. The van der Waals surface area contributed by atoms with Gasteiger partial charge in [0.15, 0.2) is 0 Å². The fourth-order valence-electron chi connectivity index (χ4n) is 2.99. The number of nitrogens with one attached hydrogen (secondary N) is 1. The number of carbonyl (C=O) groups is 2. The number of carbonyl (C=O) groups excluding carboxylic acids is 2. The van der Waals surface area contributed by atoms with Gasteiger partial charge < -0.3 is 5.32 Å². The maximum atomic E-state index is 12.5. The standard InChI is InChI=1S/C15H18N2O2/c1-9-3-4-11-12(7-9)15(19)17(14(11)18)13-8-16-6-5-10(13)2/h3-4,7,10,13,16H,5-6,8H2,1-2H3. The lowest BCUT2D eigenvalue weighted by Crippen LogP contribution is -2.52. The number of rotatable bonds is 1. The lowest BCUT2D eigenvalue weighted by Gasteiger charge is -2.35. The highest BCUT2D eigenvalue weighted by Gasteiger charge is 2.42. The third-order valence-electron chi connectivity index (χ3n) is 4.19. The van der Waals surface area contributed by atoms with Gasteiger partial charge in [-0.2, -0.15) is 0 Å². The van der Waals surface area contributed by atoms with E-state index in [1.807, 2.05) is 19.1 Å². The number of aryl methyl sites for hydroxylation is 1. The first-order valence-corrected chi connectivity index (χ1v) is 6.79. The predicted molar refractivity (Wildman–Crippen MR) is 72.1 cm³/mol. The first-order valence-electron chi connectivity index (χ1n) is 6.79. The summed E-state index contributed by atoms with van der Waals surface area (Å²) in [4.78, 5) is 26.4. The molecule has 1 aromatic carbocycles. The van der Waals surface area contributed by atoms with Crippen molar-refractivity contribution >= 4 is 11.8 Å². The van der Waals surface area contributed by atoms with E-state index in [2.05, 4.69) is 12.2 Å². The molecule has 2 aliphatic heterocycles. The van der Waals surface area contributed by atoms with E-state index < -0.39 is 0 Å². The number of nitrogens with zero attached hydrogens (tertiary/aromatic N) is 1. The van der Waals surface area contributed by atoms with E-state index >= 15 is 0 Å². The van der Waals surface area contributed by atoms with Crippen LogP contribution in [0.2, 0.25) is 0 Å². The van der Waals surface area contributed by atoms with E-state index in [4.69, 9.17) is 0 Å². The zero-order chi connectivity index (χ0) is 13.6. The largest absolute Gasteiger partial charge is 0.315 e. The molecule has 1 N–H and O–H groups in total. The summed E-state index contributed by atoms with van der Waals surface area (Å²) >= 11 is 0. The van der Waals surface area contributed by atoms with Crippen molar-refractivity contribution in [2.45, 2.75) is 26.3 Å². The molecule has 0 saturated carbocycles. The summed E-state index contributed by atoms with van der Waals surface area (Å²) in [7, 11) is 0. The lowest BCUT2D eigenvalue weighted by atomic mass is 9.93. The maximum absolute atomic E-state index is 12.5. The van der Waals surface area contributed by atoms with Crippen molar-refractivity contribution in [1.82, 2.24) is 10.2 Å². The molecule has 2 atom stereocenters. The second kappa shape index (κ2) is 4.46. The van der Waals surface area contributed by atoms with Gasteiger partial charge in [0.1, 0.15) is 0 Å². The molecule has 0 spiro atoms. The van der Waals surface area contributed by atoms with Gasteiger partial charge in [-0.1, -0.05) is 18.6 Å². The minimum atomic E-state index is -0.138.